The van der Waals surface area contributed by atoms with Crippen LogP contribution in [0.5, 0.6) is 0 Å². The summed E-state index contributed by atoms with van der Waals surface area (Å²) >= 11 is 0.476. The Morgan fingerprint density at radius 3 is 1.87 bits per heavy atom. The molecule has 0 aliphatic rings. The van der Waals surface area contributed by atoms with E-state index in [4.69, 9.17) is 27.0 Å². The minimum absolute atomic E-state index is 0.196. The molecule has 10 nitrogen and oxygen atoms in total. The van der Waals surface area contributed by atoms with Crippen LogP contribution in [-0.4, -0.2) is 57.4 Å². The van der Waals surface area contributed by atoms with Crippen LogP contribution in [0.2, 0.25) is 0 Å². The first-order chi connectivity index (χ1) is 10.7. The molecule has 0 amide bonds. The molecular formula is C12H10N2O8S. The highest BCUT2D eigenvalue weighted by Gasteiger charge is 2.28. The predicted molar refractivity (Wildman–Crippen MR) is 76.4 cm³/mol. The number of hydrogen-bond donors (Lipinski definition) is 4. The van der Waals surface area contributed by atoms with Crippen molar-refractivity contribution in [3.63, 3.8) is 0 Å². The van der Waals surface area contributed by atoms with E-state index in [9.17, 15) is 19.2 Å². The topological polar surface area (TPSA) is 157 Å². The van der Waals surface area contributed by atoms with Crippen LogP contribution in [0.15, 0.2) is 0 Å². The fourth-order valence-corrected chi connectivity index (χ4v) is 2.88. The zero-order chi connectivity index (χ0) is 17.7. The van der Waals surface area contributed by atoms with Gasteiger partial charge in [-0.3, -0.25) is 14.4 Å². The van der Waals surface area contributed by atoms with Gasteiger partial charge in [0.2, 0.25) is 5.69 Å². The van der Waals surface area contributed by atoms with Gasteiger partial charge in [0.25, 0.3) is 0 Å². The van der Waals surface area contributed by atoms with Crippen molar-refractivity contribution in [1.29, 1.82) is 0 Å². The average Bonchev–Trinajstić information content (AvgIpc) is 2.74. The van der Waals surface area contributed by atoms with Gasteiger partial charge in [0.15, 0.2) is 0 Å². The van der Waals surface area contributed by atoms with E-state index >= 15 is 0 Å². The molecule has 0 atom stereocenters. The normalized spacial score (nSPS) is 9.87. The predicted octanol–water partition coefficient (Wildman–Crippen LogP) is 0.600. The molecule has 23 heavy (non-hydrogen) atoms. The molecule has 0 radical (unpaired) electrons. The molecule has 0 saturated carbocycles. The Kier molecular flexibility index (Phi) is 5.63. The van der Waals surface area contributed by atoms with Crippen molar-refractivity contribution in [1.82, 2.24) is 0 Å². The van der Waals surface area contributed by atoms with E-state index < -0.39 is 48.3 Å². The van der Waals surface area contributed by atoms with Crippen LogP contribution < -0.4 is 4.90 Å². The van der Waals surface area contributed by atoms with Crippen LogP contribution in [0, 0.1) is 6.57 Å². The molecule has 1 aromatic rings. The van der Waals surface area contributed by atoms with Crippen molar-refractivity contribution in [3.8, 4) is 0 Å². The van der Waals surface area contributed by atoms with E-state index in [0.717, 1.165) is 4.90 Å². The van der Waals surface area contributed by atoms with Gasteiger partial charge >= 0.3 is 23.9 Å². The molecule has 0 aliphatic heterocycles. The summed E-state index contributed by atoms with van der Waals surface area (Å²) < 4.78 is 0. The zero-order valence-electron chi connectivity index (χ0n) is 11.3. The molecule has 0 unspecified atom stereocenters. The third kappa shape index (κ3) is 4.42. The maximum Gasteiger partial charge on any atom is 0.344 e. The Morgan fingerprint density at radius 2 is 1.52 bits per heavy atom. The number of carboxylic acids is 4. The van der Waals surface area contributed by atoms with Gasteiger partial charge in [-0.05, 0) is 5.56 Å². The van der Waals surface area contributed by atoms with E-state index in [1.165, 1.54) is 0 Å². The summed E-state index contributed by atoms with van der Waals surface area (Å²) in [7, 11) is 0. The molecule has 1 aromatic heterocycles. The van der Waals surface area contributed by atoms with Gasteiger partial charge in [-0.15, -0.1) is 11.3 Å². The standard InChI is InChI=1S/C12H10N2O8S/c1-13-9-5(2-6(15)16)10(12(21)22)23-11(9)14(3-7(17)18)4-8(19)20/h2-4H2,(H,15,16)(H,17,18)(H,19,20)(H,21,22). The Morgan fingerprint density at radius 1 is 1.00 bits per heavy atom. The van der Waals surface area contributed by atoms with Crippen LogP contribution >= 0.6 is 11.3 Å². The summed E-state index contributed by atoms with van der Waals surface area (Å²) in [5, 5.41) is 35.4. The van der Waals surface area contributed by atoms with E-state index in [1.54, 1.807) is 0 Å². The maximum absolute atomic E-state index is 11.2. The van der Waals surface area contributed by atoms with E-state index in [2.05, 4.69) is 4.85 Å². The minimum atomic E-state index is -1.48. The quantitative estimate of drug-likeness (QED) is 0.496. The lowest BCUT2D eigenvalue weighted by molar-refractivity contribution is -0.137. The van der Waals surface area contributed by atoms with Crippen LogP contribution in [0.4, 0.5) is 10.7 Å². The number of carbonyl (C=O) groups is 4. The lowest BCUT2D eigenvalue weighted by Crippen LogP contribution is -2.33. The lowest BCUT2D eigenvalue weighted by atomic mass is 10.1. The molecule has 122 valence electrons. The highest BCUT2D eigenvalue weighted by molar-refractivity contribution is 7.19. The van der Waals surface area contributed by atoms with Gasteiger partial charge in [0.05, 0.1) is 18.0 Å². The summed E-state index contributed by atoms with van der Waals surface area (Å²) in [5.74, 6) is -5.61. The SMILES string of the molecule is [C-]#[N+]c1c(N(CC(=O)O)CC(=O)O)sc(C(=O)O)c1CC(=O)O. The number of aromatic carboxylic acids is 1. The molecule has 0 fully saturated rings. The van der Waals surface area contributed by atoms with Gasteiger partial charge in [-0.1, -0.05) is 0 Å². The van der Waals surface area contributed by atoms with Crippen LogP contribution in [0.3, 0.4) is 0 Å². The molecule has 0 aliphatic carbocycles. The van der Waals surface area contributed by atoms with Gasteiger partial charge < -0.3 is 25.3 Å². The molecule has 4 N–H and O–H groups in total. The number of hydrogen-bond acceptors (Lipinski definition) is 6. The largest absolute Gasteiger partial charge is 0.481 e. The number of aliphatic carboxylic acids is 3. The van der Waals surface area contributed by atoms with Crippen LogP contribution in [0.25, 0.3) is 4.85 Å². The highest BCUT2D eigenvalue weighted by Crippen LogP contribution is 2.43. The highest BCUT2D eigenvalue weighted by atomic mass is 32.1. The molecule has 0 spiro atoms. The van der Waals surface area contributed by atoms with Crippen molar-refractivity contribution >= 4 is 45.9 Å². The Balaban J connectivity index is 3.51. The number of anilines is 1. The fourth-order valence-electron chi connectivity index (χ4n) is 1.79. The summed E-state index contributed by atoms with van der Waals surface area (Å²) in [6.45, 7) is 5.55. The first kappa shape index (κ1) is 17.9. The van der Waals surface area contributed by atoms with E-state index in [1.807, 2.05) is 0 Å². The minimum Gasteiger partial charge on any atom is -0.481 e. The zero-order valence-corrected chi connectivity index (χ0v) is 12.2. The first-order valence-corrected chi connectivity index (χ1v) is 6.65. The second kappa shape index (κ2) is 7.23. The number of carboxylic acid groups (broad SMARTS) is 4. The maximum atomic E-state index is 11.2. The third-order valence-electron chi connectivity index (χ3n) is 2.53. The van der Waals surface area contributed by atoms with Gasteiger partial charge in [0.1, 0.15) is 18.0 Å². The molecule has 0 aromatic carbocycles. The second-order valence-corrected chi connectivity index (χ2v) is 5.19. The number of rotatable bonds is 8. The average molecular weight is 342 g/mol. The van der Waals surface area contributed by atoms with Crippen molar-refractivity contribution in [2.24, 2.45) is 0 Å². The summed E-state index contributed by atoms with van der Waals surface area (Å²) in [6.07, 6.45) is -0.746. The summed E-state index contributed by atoms with van der Waals surface area (Å²) in [5.41, 5.74) is -0.641. The molecule has 1 heterocycles. The third-order valence-corrected chi connectivity index (χ3v) is 3.80. The second-order valence-electron chi connectivity index (χ2n) is 4.19. The first-order valence-electron chi connectivity index (χ1n) is 5.84. The smallest absolute Gasteiger partial charge is 0.344 e. The summed E-state index contributed by atoms with van der Waals surface area (Å²) in [6, 6.07) is 0. The van der Waals surface area contributed by atoms with E-state index in [-0.39, 0.29) is 16.3 Å². The monoisotopic (exact) mass is 342 g/mol. The Bertz CT molecular complexity index is 701. The Labute approximate surface area is 132 Å². The van der Waals surface area contributed by atoms with Crippen molar-refractivity contribution in [2.75, 3.05) is 18.0 Å². The van der Waals surface area contributed by atoms with Crippen molar-refractivity contribution < 1.29 is 39.6 Å². The summed E-state index contributed by atoms with van der Waals surface area (Å²) in [4.78, 5) is 47.2. The van der Waals surface area contributed by atoms with Crippen molar-refractivity contribution in [2.45, 2.75) is 6.42 Å². The molecule has 1 rings (SSSR count). The molecule has 11 heteroatoms. The van der Waals surface area contributed by atoms with Gasteiger partial charge in [0, 0.05) is 0 Å². The van der Waals surface area contributed by atoms with Gasteiger partial charge in [-0.2, -0.15) is 0 Å². The van der Waals surface area contributed by atoms with Crippen LogP contribution in [-0.2, 0) is 20.8 Å². The van der Waals surface area contributed by atoms with Crippen molar-refractivity contribution in [3.05, 3.63) is 21.9 Å². The van der Waals surface area contributed by atoms with Gasteiger partial charge in [-0.25, -0.2) is 9.64 Å². The fraction of sp³-hybridized carbons (Fsp3) is 0.250. The van der Waals surface area contributed by atoms with E-state index in [0.29, 0.717) is 11.3 Å². The number of nitrogens with zero attached hydrogens (tertiary/aromatic N) is 2. The molecule has 0 saturated heterocycles. The number of thiophene rings is 1. The Hall–Kier alpha value is -3.13. The molecule has 0 bridgehead atoms. The molecular weight excluding hydrogens is 332 g/mol. The lowest BCUT2D eigenvalue weighted by Gasteiger charge is -2.19. The van der Waals surface area contributed by atoms with Crippen LogP contribution in [0.1, 0.15) is 15.2 Å².